The number of halogens is 4. The highest BCUT2D eigenvalue weighted by atomic mass is 35.5. The molecule has 4 rings (SSSR count). The number of rotatable bonds is 5. The number of nitrogens with zero attached hydrogens (tertiary/aromatic N) is 1. The number of β-amino-alcohol motifs (C(OH)–C–C–N with tert-alkyl or cyclic N) is 1. The fraction of sp³-hybridized carbons (Fsp3) is 0.440. The largest absolute Gasteiger partial charge is 0.389 e. The van der Waals surface area contributed by atoms with Crippen LogP contribution in [0.25, 0.3) is 0 Å². The number of aliphatic hydroxyl groups excluding tert-OH is 1. The van der Waals surface area contributed by atoms with Crippen molar-refractivity contribution in [1.29, 1.82) is 0 Å². The molecule has 0 spiro atoms. The molecule has 0 saturated carbocycles. The molecule has 3 amide bonds. The maximum absolute atomic E-state index is 13.2. The monoisotopic (exact) mass is 589 g/mol. The minimum Gasteiger partial charge on any atom is -0.389 e. The number of hydrogen-bond acceptors (Lipinski definition) is 5. The lowest BCUT2D eigenvalue weighted by atomic mass is 9.95. The van der Waals surface area contributed by atoms with Crippen LogP contribution in [0.15, 0.2) is 36.4 Å². The van der Waals surface area contributed by atoms with E-state index in [2.05, 4.69) is 10.6 Å². The van der Waals surface area contributed by atoms with E-state index < -0.39 is 18.2 Å². The van der Waals surface area contributed by atoms with Crippen LogP contribution in [0.1, 0.15) is 24.8 Å². The van der Waals surface area contributed by atoms with E-state index in [1.807, 2.05) is 0 Å². The third kappa shape index (κ3) is 7.63. The number of anilines is 1. The molecule has 2 aromatic rings. The van der Waals surface area contributed by atoms with Crippen LogP contribution in [0.2, 0.25) is 20.1 Å². The molecule has 2 aliphatic rings. The van der Waals surface area contributed by atoms with Gasteiger partial charge in [0.15, 0.2) is 0 Å². The van der Waals surface area contributed by atoms with Gasteiger partial charge in [0, 0.05) is 12.2 Å². The van der Waals surface area contributed by atoms with Gasteiger partial charge in [0.25, 0.3) is 0 Å². The lowest BCUT2D eigenvalue weighted by Gasteiger charge is -2.44. The van der Waals surface area contributed by atoms with Crippen molar-refractivity contribution in [2.45, 2.75) is 50.2 Å². The van der Waals surface area contributed by atoms with Crippen molar-refractivity contribution in [2.75, 3.05) is 25.1 Å². The summed E-state index contributed by atoms with van der Waals surface area (Å²) >= 11 is 24.0. The molecule has 200 valence electrons. The van der Waals surface area contributed by atoms with Gasteiger partial charge < -0.3 is 30.1 Å². The maximum Gasteiger partial charge on any atom is 0.322 e. The first-order chi connectivity index (χ1) is 17.7. The molecule has 4 atom stereocenters. The second-order valence-corrected chi connectivity index (χ2v) is 10.7. The summed E-state index contributed by atoms with van der Waals surface area (Å²) in [6, 6.07) is 9.27. The summed E-state index contributed by atoms with van der Waals surface area (Å²) in [4.78, 5) is 27.4. The average Bonchev–Trinajstić information content (AvgIpc) is 2.85. The van der Waals surface area contributed by atoms with Crippen molar-refractivity contribution in [3.8, 4) is 0 Å². The first-order valence-electron chi connectivity index (χ1n) is 11.8. The van der Waals surface area contributed by atoms with Gasteiger partial charge in [-0.2, -0.15) is 0 Å². The summed E-state index contributed by atoms with van der Waals surface area (Å²) in [6.07, 6.45) is -0.307. The molecule has 8 nitrogen and oxygen atoms in total. The number of nitrogens with one attached hydrogen (secondary N) is 2. The van der Waals surface area contributed by atoms with E-state index in [9.17, 15) is 14.7 Å². The predicted octanol–water partition coefficient (Wildman–Crippen LogP) is 5.15. The number of urea groups is 1. The van der Waals surface area contributed by atoms with Gasteiger partial charge in [0.1, 0.15) is 6.10 Å². The zero-order chi connectivity index (χ0) is 26.5. The van der Waals surface area contributed by atoms with Gasteiger partial charge in [0.2, 0.25) is 5.91 Å². The Bertz CT molecular complexity index is 1140. The van der Waals surface area contributed by atoms with E-state index in [1.54, 1.807) is 41.3 Å². The number of amides is 3. The fourth-order valence-corrected chi connectivity index (χ4v) is 5.09. The van der Waals surface area contributed by atoms with Gasteiger partial charge in [-0.1, -0.05) is 52.5 Å². The Morgan fingerprint density at radius 3 is 2.43 bits per heavy atom. The van der Waals surface area contributed by atoms with Gasteiger partial charge in [0.05, 0.1) is 64.5 Å². The molecular formula is C25H27Cl4N3O5. The number of carbonyl (C=O) groups excluding carboxylic acids is 2. The molecule has 2 aliphatic heterocycles. The Balaban J connectivity index is 1.36. The number of carbonyl (C=O) groups is 2. The summed E-state index contributed by atoms with van der Waals surface area (Å²) in [5, 5.41) is 17.6. The molecule has 0 aromatic heterocycles. The smallest absolute Gasteiger partial charge is 0.322 e. The fourth-order valence-electron chi connectivity index (χ4n) is 4.47. The lowest BCUT2D eigenvalue weighted by Crippen LogP contribution is -2.58. The summed E-state index contributed by atoms with van der Waals surface area (Å²) in [5.41, 5.74) is 1.32. The Hall–Kier alpha value is -1.78. The highest BCUT2D eigenvalue weighted by Crippen LogP contribution is 2.30. The molecule has 2 saturated heterocycles. The van der Waals surface area contributed by atoms with E-state index in [4.69, 9.17) is 55.9 Å². The van der Waals surface area contributed by atoms with Gasteiger partial charge >= 0.3 is 6.03 Å². The molecule has 0 unspecified atom stereocenters. The Morgan fingerprint density at radius 2 is 1.70 bits per heavy atom. The quantitative estimate of drug-likeness (QED) is 0.447. The summed E-state index contributed by atoms with van der Waals surface area (Å²) in [5.74, 6) is -0.161. The van der Waals surface area contributed by atoms with Crippen LogP contribution in [0.3, 0.4) is 0 Å². The van der Waals surface area contributed by atoms with E-state index in [-0.39, 0.29) is 44.2 Å². The zero-order valence-corrected chi connectivity index (χ0v) is 22.8. The Labute approximate surface area is 235 Å². The standard InChI is InChI=1S/C25H27Cl4N3O5/c26-18-4-1-14(7-20(18)28)10-30-24(34)9-17-3-6-22-23(37-17)13-36-12-16(33)11-32(22)25(35)31-15-2-5-19(27)21(29)8-15/h1-2,4-5,7-8,16-17,22-23,33H,3,6,9-13H2,(H,30,34)(H,31,35)/t16-,17+,22+,23-/m1/s1. The van der Waals surface area contributed by atoms with Crippen molar-refractivity contribution < 1.29 is 24.2 Å². The maximum atomic E-state index is 13.2. The van der Waals surface area contributed by atoms with E-state index in [0.717, 1.165) is 5.56 Å². The van der Waals surface area contributed by atoms with Crippen molar-refractivity contribution in [1.82, 2.24) is 10.2 Å². The van der Waals surface area contributed by atoms with Crippen molar-refractivity contribution >= 4 is 64.0 Å². The second-order valence-electron chi connectivity index (χ2n) is 9.07. The molecule has 2 heterocycles. The van der Waals surface area contributed by atoms with Crippen LogP contribution in [0.5, 0.6) is 0 Å². The van der Waals surface area contributed by atoms with Gasteiger partial charge in [-0.3, -0.25) is 4.79 Å². The van der Waals surface area contributed by atoms with E-state index in [1.165, 1.54) is 0 Å². The Morgan fingerprint density at radius 1 is 0.973 bits per heavy atom. The van der Waals surface area contributed by atoms with Crippen LogP contribution in [0, 0.1) is 0 Å². The highest BCUT2D eigenvalue weighted by molar-refractivity contribution is 6.42. The first-order valence-corrected chi connectivity index (χ1v) is 13.4. The number of benzene rings is 2. The third-order valence-electron chi connectivity index (χ3n) is 6.30. The minimum absolute atomic E-state index is 0.0674. The third-order valence-corrected chi connectivity index (χ3v) is 7.78. The lowest BCUT2D eigenvalue weighted by molar-refractivity contribution is -0.149. The van der Waals surface area contributed by atoms with Crippen LogP contribution >= 0.6 is 46.4 Å². The van der Waals surface area contributed by atoms with E-state index >= 15 is 0 Å². The zero-order valence-electron chi connectivity index (χ0n) is 19.8. The Kier molecular flexibility index (Phi) is 9.80. The summed E-state index contributed by atoms with van der Waals surface area (Å²) in [7, 11) is 0. The van der Waals surface area contributed by atoms with Gasteiger partial charge in [-0.25, -0.2) is 4.79 Å². The van der Waals surface area contributed by atoms with Crippen molar-refractivity contribution in [3.05, 3.63) is 62.1 Å². The number of aliphatic hydroxyl groups is 1. The topological polar surface area (TPSA) is 100 Å². The van der Waals surface area contributed by atoms with Crippen LogP contribution in [0.4, 0.5) is 10.5 Å². The molecule has 12 heteroatoms. The summed E-state index contributed by atoms with van der Waals surface area (Å²) in [6.45, 7) is 0.655. The van der Waals surface area contributed by atoms with Gasteiger partial charge in [-0.15, -0.1) is 0 Å². The molecule has 0 bridgehead atoms. The molecule has 0 aliphatic carbocycles. The molecular weight excluding hydrogens is 564 g/mol. The molecule has 2 fully saturated rings. The number of ether oxygens (including phenoxy) is 2. The van der Waals surface area contributed by atoms with Crippen molar-refractivity contribution in [3.63, 3.8) is 0 Å². The van der Waals surface area contributed by atoms with Gasteiger partial charge in [-0.05, 0) is 48.7 Å². The normalized spacial score (nSPS) is 24.0. The number of fused-ring (bicyclic) bond motifs is 1. The minimum atomic E-state index is -0.842. The van der Waals surface area contributed by atoms with Crippen LogP contribution in [-0.2, 0) is 20.8 Å². The molecule has 0 radical (unpaired) electrons. The molecule has 37 heavy (non-hydrogen) atoms. The SMILES string of the molecule is O=C(C[C@@H]1CC[C@H]2[C@@H](COC[C@H](O)CN2C(=O)Nc2ccc(Cl)c(Cl)c2)O1)NCc1ccc(Cl)c(Cl)c1. The van der Waals surface area contributed by atoms with E-state index in [0.29, 0.717) is 45.2 Å². The molecule has 3 N–H and O–H groups in total. The molecule has 2 aromatic carbocycles. The van der Waals surface area contributed by atoms with Crippen molar-refractivity contribution in [2.24, 2.45) is 0 Å². The highest BCUT2D eigenvalue weighted by Gasteiger charge is 2.40. The number of hydrogen-bond donors (Lipinski definition) is 3. The average molecular weight is 591 g/mol. The predicted molar refractivity (Wildman–Crippen MR) is 144 cm³/mol. The second kappa shape index (κ2) is 12.8. The van der Waals surface area contributed by atoms with Crippen LogP contribution < -0.4 is 10.6 Å². The first kappa shape index (κ1) is 28.2. The van der Waals surface area contributed by atoms with Crippen LogP contribution in [-0.4, -0.2) is 66.1 Å². The summed E-state index contributed by atoms with van der Waals surface area (Å²) < 4.78 is 11.8.